The SMILES string of the molecule is Cc1ccccc1-n1nnnc1C1(N2CCCCC2)C2CC3CC(C2)CC1C3. The van der Waals surface area contributed by atoms with Crippen molar-refractivity contribution in [2.75, 3.05) is 13.1 Å². The predicted octanol–water partition coefficient (Wildman–Crippen LogP) is 4.11. The quantitative estimate of drug-likeness (QED) is 0.808. The van der Waals surface area contributed by atoms with Gasteiger partial charge in [0, 0.05) is 0 Å². The van der Waals surface area contributed by atoms with Crippen molar-refractivity contribution in [3.63, 3.8) is 0 Å². The van der Waals surface area contributed by atoms with Crippen LogP contribution >= 0.6 is 0 Å². The lowest BCUT2D eigenvalue weighted by atomic mass is 9.47. The van der Waals surface area contributed by atoms with Gasteiger partial charge in [-0.2, -0.15) is 4.68 Å². The number of likely N-dealkylation sites (tertiary alicyclic amines) is 1. The Labute approximate surface area is 167 Å². The van der Waals surface area contributed by atoms with Gasteiger partial charge in [-0.1, -0.05) is 24.6 Å². The average Bonchev–Trinajstić information content (AvgIpc) is 3.19. The number of para-hydroxylation sites is 1. The highest BCUT2D eigenvalue weighted by molar-refractivity contribution is 5.41. The molecule has 1 aliphatic heterocycles. The highest BCUT2D eigenvalue weighted by Crippen LogP contribution is 2.64. The monoisotopic (exact) mass is 377 g/mol. The van der Waals surface area contributed by atoms with Crippen molar-refractivity contribution in [1.29, 1.82) is 0 Å². The summed E-state index contributed by atoms with van der Waals surface area (Å²) in [5, 5.41) is 13.6. The average molecular weight is 378 g/mol. The fourth-order valence-electron chi connectivity index (χ4n) is 7.59. The first-order valence-electron chi connectivity index (χ1n) is 11.4. The predicted molar refractivity (Wildman–Crippen MR) is 108 cm³/mol. The number of tetrazole rings is 1. The molecule has 4 bridgehead atoms. The lowest BCUT2D eigenvalue weighted by molar-refractivity contribution is -0.152. The normalized spacial score (nSPS) is 37.5. The van der Waals surface area contributed by atoms with Gasteiger partial charge >= 0.3 is 0 Å². The van der Waals surface area contributed by atoms with Crippen LogP contribution in [0.15, 0.2) is 24.3 Å². The third-order valence-corrected chi connectivity index (χ3v) is 8.43. The van der Waals surface area contributed by atoms with E-state index >= 15 is 0 Å². The van der Waals surface area contributed by atoms with E-state index in [4.69, 9.17) is 5.10 Å². The smallest absolute Gasteiger partial charge is 0.177 e. The van der Waals surface area contributed by atoms with Gasteiger partial charge in [0.2, 0.25) is 0 Å². The summed E-state index contributed by atoms with van der Waals surface area (Å²) in [6.07, 6.45) is 11.0. The zero-order valence-corrected chi connectivity index (χ0v) is 16.9. The van der Waals surface area contributed by atoms with E-state index in [1.807, 2.05) is 0 Å². The number of piperidine rings is 1. The largest absolute Gasteiger partial charge is 0.290 e. The lowest BCUT2D eigenvalue weighted by Gasteiger charge is -2.64. The van der Waals surface area contributed by atoms with Gasteiger partial charge in [-0.05, 0) is 111 Å². The van der Waals surface area contributed by atoms with Crippen LogP contribution in [0.2, 0.25) is 0 Å². The van der Waals surface area contributed by atoms with Gasteiger partial charge in [-0.25, -0.2) is 0 Å². The van der Waals surface area contributed by atoms with Gasteiger partial charge in [0.1, 0.15) is 0 Å². The van der Waals surface area contributed by atoms with Crippen LogP contribution in [-0.4, -0.2) is 38.2 Å². The second-order valence-corrected chi connectivity index (χ2v) is 9.88. The van der Waals surface area contributed by atoms with E-state index in [0.717, 1.165) is 35.2 Å². The third kappa shape index (κ3) is 2.31. The molecule has 5 nitrogen and oxygen atoms in total. The van der Waals surface area contributed by atoms with Crippen molar-refractivity contribution in [3.05, 3.63) is 35.7 Å². The summed E-state index contributed by atoms with van der Waals surface area (Å²) in [6, 6.07) is 8.56. The Morgan fingerprint density at radius 3 is 2.25 bits per heavy atom. The van der Waals surface area contributed by atoms with Crippen LogP contribution < -0.4 is 0 Å². The molecule has 5 aliphatic rings. The third-order valence-electron chi connectivity index (χ3n) is 8.43. The Balaban J connectivity index is 1.54. The first kappa shape index (κ1) is 17.1. The molecule has 5 heteroatoms. The molecule has 4 saturated carbocycles. The van der Waals surface area contributed by atoms with Crippen molar-refractivity contribution in [2.45, 2.75) is 63.8 Å². The number of aryl methyl sites for hydroxylation is 1. The van der Waals surface area contributed by atoms with Crippen LogP contribution in [-0.2, 0) is 5.54 Å². The molecule has 1 saturated heterocycles. The number of benzene rings is 1. The fourth-order valence-corrected chi connectivity index (χ4v) is 7.59. The molecular formula is C23H31N5. The molecular weight excluding hydrogens is 346 g/mol. The highest BCUT2D eigenvalue weighted by atomic mass is 15.6. The first-order valence-corrected chi connectivity index (χ1v) is 11.4. The zero-order chi connectivity index (χ0) is 18.7. The van der Waals surface area contributed by atoms with E-state index in [2.05, 4.69) is 51.2 Å². The molecule has 1 aromatic heterocycles. The van der Waals surface area contributed by atoms with Crippen LogP contribution in [0.5, 0.6) is 0 Å². The Kier molecular flexibility index (Phi) is 3.90. The number of hydrogen-bond acceptors (Lipinski definition) is 4. The molecule has 2 heterocycles. The number of hydrogen-bond donors (Lipinski definition) is 0. The first-order chi connectivity index (χ1) is 13.8. The van der Waals surface area contributed by atoms with Crippen molar-refractivity contribution in [3.8, 4) is 5.69 Å². The van der Waals surface area contributed by atoms with E-state index in [1.165, 1.54) is 70.0 Å². The Morgan fingerprint density at radius 1 is 0.893 bits per heavy atom. The number of rotatable bonds is 3. The molecule has 0 atom stereocenters. The maximum absolute atomic E-state index is 4.79. The highest BCUT2D eigenvalue weighted by Gasteiger charge is 2.62. The Hall–Kier alpha value is -1.75. The molecule has 0 unspecified atom stereocenters. The summed E-state index contributed by atoms with van der Waals surface area (Å²) in [7, 11) is 0. The summed E-state index contributed by atoms with van der Waals surface area (Å²) in [6.45, 7) is 4.59. The Morgan fingerprint density at radius 2 is 1.57 bits per heavy atom. The summed E-state index contributed by atoms with van der Waals surface area (Å²) in [5.74, 6) is 4.47. The second-order valence-electron chi connectivity index (χ2n) is 9.88. The van der Waals surface area contributed by atoms with Gasteiger partial charge < -0.3 is 0 Å². The molecule has 1 aromatic carbocycles. The van der Waals surface area contributed by atoms with Gasteiger partial charge in [-0.15, -0.1) is 5.10 Å². The van der Waals surface area contributed by atoms with Crippen molar-refractivity contribution in [2.24, 2.45) is 23.7 Å². The van der Waals surface area contributed by atoms with Crippen LogP contribution in [0.4, 0.5) is 0 Å². The van der Waals surface area contributed by atoms with Gasteiger partial charge in [0.05, 0.1) is 11.2 Å². The van der Waals surface area contributed by atoms with Crippen molar-refractivity contribution >= 4 is 0 Å². The number of nitrogens with zero attached hydrogens (tertiary/aromatic N) is 5. The molecule has 0 radical (unpaired) electrons. The van der Waals surface area contributed by atoms with E-state index < -0.39 is 0 Å². The number of aromatic nitrogens is 4. The lowest BCUT2D eigenvalue weighted by Crippen LogP contribution is -2.65. The van der Waals surface area contributed by atoms with Crippen molar-refractivity contribution in [1.82, 2.24) is 25.1 Å². The minimum absolute atomic E-state index is 0.0413. The molecule has 0 N–H and O–H groups in total. The Bertz CT molecular complexity index is 832. The molecule has 7 rings (SSSR count). The molecule has 0 spiro atoms. The molecule has 148 valence electrons. The van der Waals surface area contributed by atoms with E-state index in [0.29, 0.717) is 0 Å². The van der Waals surface area contributed by atoms with E-state index in [9.17, 15) is 0 Å². The van der Waals surface area contributed by atoms with Crippen molar-refractivity contribution < 1.29 is 0 Å². The molecule has 5 fully saturated rings. The fraction of sp³-hybridized carbons (Fsp3) is 0.696. The summed E-state index contributed by atoms with van der Waals surface area (Å²) in [5.41, 5.74) is 2.43. The van der Waals surface area contributed by atoms with Crippen LogP contribution in [0.25, 0.3) is 5.69 Å². The van der Waals surface area contributed by atoms with Crippen LogP contribution in [0.1, 0.15) is 62.8 Å². The molecule has 2 aromatic rings. The minimum atomic E-state index is 0.0413. The second kappa shape index (κ2) is 6.38. The van der Waals surface area contributed by atoms with Crippen LogP contribution in [0.3, 0.4) is 0 Å². The summed E-state index contributed by atoms with van der Waals surface area (Å²) >= 11 is 0. The molecule has 28 heavy (non-hydrogen) atoms. The zero-order valence-electron chi connectivity index (χ0n) is 16.9. The topological polar surface area (TPSA) is 46.8 Å². The maximum atomic E-state index is 4.79. The van der Waals surface area contributed by atoms with Gasteiger partial charge in [0.25, 0.3) is 0 Å². The molecule has 0 amide bonds. The molecule has 4 aliphatic carbocycles. The summed E-state index contributed by atoms with van der Waals surface area (Å²) < 4.78 is 2.10. The van der Waals surface area contributed by atoms with Gasteiger partial charge in [0.15, 0.2) is 5.82 Å². The standard InChI is InChI=1S/C23H31N5/c1-16-7-3-4-8-21(16)28-22(24-25-26-28)23(27-9-5-2-6-10-27)19-12-17-11-18(14-19)15-20(23)13-17/h3-4,7-8,17-20H,2,5-6,9-15H2,1H3. The van der Waals surface area contributed by atoms with Gasteiger partial charge in [-0.3, -0.25) is 4.90 Å². The minimum Gasteiger partial charge on any atom is -0.290 e. The van der Waals surface area contributed by atoms with E-state index in [-0.39, 0.29) is 5.54 Å². The summed E-state index contributed by atoms with van der Waals surface area (Å²) in [4.78, 5) is 2.84. The van der Waals surface area contributed by atoms with E-state index in [1.54, 1.807) is 0 Å². The maximum Gasteiger partial charge on any atom is 0.177 e. The van der Waals surface area contributed by atoms with Crippen LogP contribution in [0, 0.1) is 30.6 Å².